The van der Waals surface area contributed by atoms with Crippen molar-refractivity contribution in [1.29, 1.82) is 0 Å². The lowest BCUT2D eigenvalue weighted by Gasteiger charge is -2.01. The molecule has 0 amide bonds. The molecule has 144 valence electrons. The Morgan fingerprint density at radius 3 is 2.66 bits per heavy atom. The number of nitro benzene ring substituents is 1. The van der Waals surface area contributed by atoms with Crippen molar-refractivity contribution >= 4 is 44.6 Å². The van der Waals surface area contributed by atoms with Crippen molar-refractivity contribution in [2.75, 3.05) is 0 Å². The lowest BCUT2D eigenvalue weighted by Crippen LogP contribution is -1.91. The Labute approximate surface area is 175 Å². The summed E-state index contributed by atoms with van der Waals surface area (Å²) >= 11 is 3.18. The molecule has 0 bridgehead atoms. The predicted octanol–water partition coefficient (Wildman–Crippen LogP) is 6.53. The molecule has 29 heavy (non-hydrogen) atoms. The van der Waals surface area contributed by atoms with E-state index in [2.05, 4.69) is 45.8 Å². The van der Waals surface area contributed by atoms with Crippen LogP contribution in [0.5, 0.6) is 0 Å². The van der Waals surface area contributed by atoms with Gasteiger partial charge in [0.1, 0.15) is 5.52 Å². The van der Waals surface area contributed by atoms with Gasteiger partial charge >= 0.3 is 0 Å². The van der Waals surface area contributed by atoms with E-state index in [9.17, 15) is 10.1 Å². The Morgan fingerprint density at radius 1 is 1.07 bits per heavy atom. The lowest BCUT2D eigenvalue weighted by atomic mass is 10.1. The Kier molecular flexibility index (Phi) is 4.98. The number of aryl methyl sites for hydroxylation is 2. The van der Waals surface area contributed by atoms with Gasteiger partial charge in [-0.15, -0.1) is 0 Å². The van der Waals surface area contributed by atoms with E-state index in [1.54, 1.807) is 18.3 Å². The molecule has 3 aromatic carbocycles. The Balaban J connectivity index is 1.64. The molecular formula is C22H16BrN3O3. The number of aromatic nitrogens is 1. The van der Waals surface area contributed by atoms with Gasteiger partial charge < -0.3 is 4.42 Å². The first-order valence-corrected chi connectivity index (χ1v) is 9.66. The summed E-state index contributed by atoms with van der Waals surface area (Å²) in [6.07, 6.45) is 1.59. The highest BCUT2D eigenvalue weighted by molar-refractivity contribution is 9.10. The number of nitro groups is 1. The van der Waals surface area contributed by atoms with Gasteiger partial charge in [0.05, 0.1) is 15.1 Å². The van der Waals surface area contributed by atoms with Gasteiger partial charge in [0.25, 0.3) is 5.69 Å². The van der Waals surface area contributed by atoms with Crippen molar-refractivity contribution in [3.63, 3.8) is 0 Å². The number of hydrogen-bond acceptors (Lipinski definition) is 5. The van der Waals surface area contributed by atoms with Gasteiger partial charge in [0, 0.05) is 17.8 Å². The van der Waals surface area contributed by atoms with Crippen LogP contribution in [0.25, 0.3) is 22.6 Å². The molecule has 0 radical (unpaired) electrons. The highest BCUT2D eigenvalue weighted by Gasteiger charge is 2.12. The van der Waals surface area contributed by atoms with Gasteiger partial charge in [-0.05, 0) is 82.9 Å². The second-order valence-corrected chi connectivity index (χ2v) is 7.55. The molecule has 0 saturated carbocycles. The Hall–Kier alpha value is -3.32. The monoisotopic (exact) mass is 449 g/mol. The minimum Gasteiger partial charge on any atom is -0.436 e. The van der Waals surface area contributed by atoms with Crippen LogP contribution in [0, 0.1) is 24.0 Å². The van der Waals surface area contributed by atoms with Crippen molar-refractivity contribution in [3.05, 3.63) is 85.9 Å². The minimum atomic E-state index is -0.433. The molecule has 4 aromatic rings. The standard InChI is InChI=1S/C22H16BrN3O3/c1-13-3-5-16(9-14(13)2)22-25-19-11-17(6-8-21(19)29-22)24-12-15-4-7-18(23)20(10-15)26(27)28/h3-12H,1-2H3. The molecule has 1 heterocycles. The Morgan fingerprint density at radius 2 is 1.90 bits per heavy atom. The van der Waals surface area contributed by atoms with Crippen LogP contribution in [0.2, 0.25) is 0 Å². The van der Waals surface area contributed by atoms with E-state index in [1.165, 1.54) is 17.2 Å². The molecule has 6 nitrogen and oxygen atoms in total. The van der Waals surface area contributed by atoms with Crippen LogP contribution in [0.1, 0.15) is 16.7 Å². The van der Waals surface area contributed by atoms with Crippen LogP contribution in [-0.2, 0) is 0 Å². The first kappa shape index (κ1) is 19.0. The van der Waals surface area contributed by atoms with Gasteiger partial charge in [-0.1, -0.05) is 12.1 Å². The highest BCUT2D eigenvalue weighted by Crippen LogP contribution is 2.29. The highest BCUT2D eigenvalue weighted by atomic mass is 79.9. The molecule has 0 atom stereocenters. The summed E-state index contributed by atoms with van der Waals surface area (Å²) in [7, 11) is 0. The van der Waals surface area contributed by atoms with E-state index >= 15 is 0 Å². The van der Waals surface area contributed by atoms with Crippen molar-refractivity contribution in [2.24, 2.45) is 4.99 Å². The molecule has 4 rings (SSSR count). The van der Waals surface area contributed by atoms with Gasteiger partial charge in [0.2, 0.25) is 5.89 Å². The third-order valence-electron chi connectivity index (χ3n) is 4.65. The number of aliphatic imine (C=N–C) groups is 1. The Bertz CT molecular complexity index is 1280. The molecule has 7 heteroatoms. The van der Waals surface area contributed by atoms with E-state index in [4.69, 9.17) is 4.42 Å². The van der Waals surface area contributed by atoms with E-state index in [-0.39, 0.29) is 5.69 Å². The van der Waals surface area contributed by atoms with Gasteiger partial charge in [-0.3, -0.25) is 15.1 Å². The van der Waals surface area contributed by atoms with E-state index in [0.717, 1.165) is 5.56 Å². The maximum atomic E-state index is 11.1. The van der Waals surface area contributed by atoms with Gasteiger partial charge in [-0.2, -0.15) is 0 Å². The maximum Gasteiger partial charge on any atom is 0.284 e. The van der Waals surface area contributed by atoms with E-state index < -0.39 is 4.92 Å². The molecule has 0 N–H and O–H groups in total. The normalized spacial score (nSPS) is 11.4. The zero-order valence-corrected chi connectivity index (χ0v) is 17.3. The molecule has 0 fully saturated rings. The summed E-state index contributed by atoms with van der Waals surface area (Å²) in [4.78, 5) is 19.6. The maximum absolute atomic E-state index is 11.1. The summed E-state index contributed by atoms with van der Waals surface area (Å²) < 4.78 is 6.31. The summed E-state index contributed by atoms with van der Waals surface area (Å²) in [6.45, 7) is 4.12. The molecular weight excluding hydrogens is 434 g/mol. The van der Waals surface area contributed by atoms with Crippen molar-refractivity contribution < 1.29 is 9.34 Å². The summed E-state index contributed by atoms with van der Waals surface area (Å²) in [5.74, 6) is 0.563. The van der Waals surface area contributed by atoms with Gasteiger partial charge in [0.15, 0.2) is 5.58 Å². The molecule has 0 unspecified atom stereocenters. The second kappa shape index (κ2) is 7.60. The first-order valence-electron chi connectivity index (χ1n) is 8.87. The summed E-state index contributed by atoms with van der Waals surface area (Å²) in [6, 6.07) is 16.4. The fourth-order valence-electron chi connectivity index (χ4n) is 2.89. The number of oxazole rings is 1. The van der Waals surface area contributed by atoms with Crippen LogP contribution in [0.3, 0.4) is 0 Å². The smallest absolute Gasteiger partial charge is 0.284 e. The number of hydrogen-bond donors (Lipinski definition) is 0. The average molecular weight is 450 g/mol. The van der Waals surface area contributed by atoms with Crippen molar-refractivity contribution in [3.8, 4) is 11.5 Å². The fraction of sp³-hybridized carbons (Fsp3) is 0.0909. The molecule has 0 aliphatic heterocycles. The average Bonchev–Trinajstić information content (AvgIpc) is 3.12. The van der Waals surface area contributed by atoms with Crippen LogP contribution < -0.4 is 0 Å². The molecule has 0 spiro atoms. The topological polar surface area (TPSA) is 81.5 Å². The van der Waals surface area contributed by atoms with E-state index in [0.29, 0.717) is 32.7 Å². The quantitative estimate of drug-likeness (QED) is 0.201. The predicted molar refractivity (Wildman–Crippen MR) is 117 cm³/mol. The number of halogens is 1. The molecule has 0 saturated heterocycles. The summed E-state index contributed by atoms with van der Waals surface area (Å²) in [5, 5.41) is 11.1. The third-order valence-corrected chi connectivity index (χ3v) is 5.33. The number of nitrogens with zero attached hydrogens (tertiary/aromatic N) is 3. The lowest BCUT2D eigenvalue weighted by molar-refractivity contribution is -0.385. The molecule has 0 aliphatic carbocycles. The third kappa shape index (κ3) is 3.95. The zero-order valence-electron chi connectivity index (χ0n) is 15.7. The number of fused-ring (bicyclic) bond motifs is 1. The molecule has 0 aliphatic rings. The largest absolute Gasteiger partial charge is 0.436 e. The first-order chi connectivity index (χ1) is 13.9. The second-order valence-electron chi connectivity index (χ2n) is 6.70. The summed E-state index contributed by atoms with van der Waals surface area (Å²) in [5.41, 5.74) is 6.02. The van der Waals surface area contributed by atoms with Crippen molar-refractivity contribution in [2.45, 2.75) is 13.8 Å². The minimum absolute atomic E-state index is 0.000985. The van der Waals surface area contributed by atoms with Crippen LogP contribution in [0.15, 0.2) is 68.5 Å². The van der Waals surface area contributed by atoms with Crippen LogP contribution in [0.4, 0.5) is 11.4 Å². The SMILES string of the molecule is Cc1ccc(-c2nc3cc(N=Cc4ccc(Br)c([N+](=O)[O-])c4)ccc3o2)cc1C. The van der Waals surface area contributed by atoms with Crippen LogP contribution in [-0.4, -0.2) is 16.1 Å². The molecule has 1 aromatic heterocycles. The fourth-order valence-corrected chi connectivity index (χ4v) is 3.28. The van der Waals surface area contributed by atoms with Crippen molar-refractivity contribution in [1.82, 2.24) is 4.98 Å². The van der Waals surface area contributed by atoms with E-state index in [1.807, 2.05) is 30.3 Å². The zero-order chi connectivity index (χ0) is 20.5. The number of rotatable bonds is 4. The van der Waals surface area contributed by atoms with Gasteiger partial charge in [-0.25, -0.2) is 4.98 Å². The number of benzene rings is 3. The van der Waals surface area contributed by atoms with Crippen LogP contribution >= 0.6 is 15.9 Å².